The number of sulfone groups is 1. The van der Waals surface area contributed by atoms with Crippen LogP contribution in [0, 0.1) is 0 Å². The van der Waals surface area contributed by atoms with Crippen molar-refractivity contribution < 1.29 is 22.7 Å². The zero-order valence-electron chi connectivity index (χ0n) is 20.0. The van der Waals surface area contributed by atoms with E-state index in [4.69, 9.17) is 27.9 Å². The van der Waals surface area contributed by atoms with Crippen LogP contribution < -0.4 is 10.6 Å². The second-order valence-corrected chi connectivity index (χ2v) is 11.7. The molecule has 2 heterocycles. The van der Waals surface area contributed by atoms with Gasteiger partial charge in [-0.1, -0.05) is 23.2 Å². The molecule has 11 nitrogen and oxygen atoms in total. The van der Waals surface area contributed by atoms with Crippen LogP contribution in [0.5, 0.6) is 0 Å². The van der Waals surface area contributed by atoms with Crippen molar-refractivity contribution in [3.63, 3.8) is 0 Å². The Balaban J connectivity index is 1.93. The van der Waals surface area contributed by atoms with Gasteiger partial charge in [0.2, 0.25) is 0 Å². The van der Waals surface area contributed by atoms with E-state index in [9.17, 15) is 18.0 Å². The summed E-state index contributed by atoms with van der Waals surface area (Å²) in [6.07, 6.45) is 1.66. The first kappa shape index (κ1) is 27.4. The van der Waals surface area contributed by atoms with Gasteiger partial charge in [-0.2, -0.15) is 9.67 Å². The topological polar surface area (TPSA) is 145 Å². The van der Waals surface area contributed by atoms with Crippen molar-refractivity contribution in [1.29, 1.82) is 0 Å². The third-order valence-corrected chi connectivity index (χ3v) is 6.00. The van der Waals surface area contributed by atoms with E-state index in [2.05, 4.69) is 25.7 Å². The van der Waals surface area contributed by atoms with E-state index in [1.807, 2.05) is 0 Å². The smallest absolute Gasteiger partial charge is 0.414 e. The maximum absolute atomic E-state index is 12.9. The number of hydrogen-bond acceptors (Lipinski definition) is 8. The maximum Gasteiger partial charge on any atom is 0.414 e. The molecule has 0 aliphatic rings. The fraction of sp³-hybridized carbons (Fsp3) is 0.318. The van der Waals surface area contributed by atoms with Crippen molar-refractivity contribution in [1.82, 2.24) is 25.1 Å². The molecule has 2 N–H and O–H groups in total. The fourth-order valence-electron chi connectivity index (χ4n) is 2.97. The first-order valence-electron chi connectivity index (χ1n) is 10.5. The molecule has 0 saturated carbocycles. The minimum atomic E-state index is -3.59. The molecule has 36 heavy (non-hydrogen) atoms. The molecular weight excluding hydrogens is 531 g/mol. The molecule has 0 aliphatic carbocycles. The summed E-state index contributed by atoms with van der Waals surface area (Å²) in [6.45, 7) is 6.77. The average molecular weight is 555 g/mol. The Morgan fingerprint density at radius 2 is 1.81 bits per heavy atom. The van der Waals surface area contributed by atoms with E-state index in [0.717, 1.165) is 6.26 Å². The predicted molar refractivity (Wildman–Crippen MR) is 134 cm³/mol. The molecule has 0 fully saturated rings. The molecule has 0 aliphatic heterocycles. The number of nitrogens with one attached hydrogen (secondary N) is 2. The van der Waals surface area contributed by atoms with Gasteiger partial charge in [0.05, 0.1) is 16.0 Å². The van der Waals surface area contributed by atoms with Crippen LogP contribution in [0.15, 0.2) is 41.4 Å². The van der Waals surface area contributed by atoms with E-state index in [1.54, 1.807) is 39.8 Å². The van der Waals surface area contributed by atoms with Crippen LogP contribution >= 0.6 is 23.2 Å². The van der Waals surface area contributed by atoms with Crippen LogP contribution in [0.4, 0.5) is 10.7 Å². The Morgan fingerprint density at radius 1 is 1.11 bits per heavy atom. The lowest BCUT2D eigenvalue weighted by Crippen LogP contribution is -2.29. The molecule has 3 rings (SSSR count). The van der Waals surface area contributed by atoms with E-state index in [0.29, 0.717) is 10.8 Å². The van der Waals surface area contributed by atoms with E-state index in [1.165, 1.54) is 29.1 Å². The summed E-state index contributed by atoms with van der Waals surface area (Å²) in [5.41, 5.74) is -0.700. The molecule has 14 heteroatoms. The van der Waals surface area contributed by atoms with Gasteiger partial charge in [0, 0.05) is 23.0 Å². The Bertz CT molecular complexity index is 1400. The SMILES string of the molecule is CC(NC(=O)c1cc(Cl)cc(S(C)(=O)=O)c1)c1nc(NC(=O)OC(C)(C)C)nn1-c1ccc(Cl)cn1. The highest BCUT2D eigenvalue weighted by Crippen LogP contribution is 2.22. The standard InChI is InChI=1S/C22H24Cl2N6O5S/c1-12(26-19(31)13-8-15(24)10-16(9-13)36(5,33)34)18-27-20(28-21(32)35-22(2,3)4)29-30(18)17-7-6-14(23)11-25-17/h6-12H,1-5H3,(H,26,31)(H,28,29,32). The normalized spacial score (nSPS) is 12.6. The number of anilines is 1. The number of nitrogens with zero attached hydrogens (tertiary/aromatic N) is 4. The summed E-state index contributed by atoms with van der Waals surface area (Å²) >= 11 is 12.0. The summed E-state index contributed by atoms with van der Waals surface area (Å²) in [7, 11) is -3.59. The van der Waals surface area contributed by atoms with Crippen LogP contribution in [-0.2, 0) is 14.6 Å². The predicted octanol–water partition coefficient (Wildman–Crippen LogP) is 4.21. The van der Waals surface area contributed by atoms with Gasteiger partial charge >= 0.3 is 6.09 Å². The Kier molecular flexibility index (Phi) is 7.91. The summed E-state index contributed by atoms with van der Waals surface area (Å²) in [4.78, 5) is 33.6. The third-order valence-electron chi connectivity index (χ3n) is 4.47. The van der Waals surface area contributed by atoms with Crippen molar-refractivity contribution in [2.45, 2.75) is 44.2 Å². The van der Waals surface area contributed by atoms with Gasteiger partial charge < -0.3 is 10.1 Å². The van der Waals surface area contributed by atoms with E-state index < -0.39 is 33.5 Å². The van der Waals surface area contributed by atoms with Gasteiger partial charge in [0.1, 0.15) is 5.60 Å². The number of amides is 2. The summed E-state index contributed by atoms with van der Waals surface area (Å²) < 4.78 is 30.4. The Labute approximate surface area is 218 Å². The number of aromatic nitrogens is 4. The number of pyridine rings is 1. The number of hydrogen-bond donors (Lipinski definition) is 2. The molecule has 1 aromatic carbocycles. The van der Waals surface area contributed by atoms with Crippen molar-refractivity contribution in [2.75, 3.05) is 11.6 Å². The minimum Gasteiger partial charge on any atom is -0.444 e. The van der Waals surface area contributed by atoms with Gasteiger partial charge in [0.25, 0.3) is 11.9 Å². The molecule has 0 spiro atoms. The second kappa shape index (κ2) is 10.4. The molecule has 0 saturated heterocycles. The Morgan fingerprint density at radius 3 is 2.39 bits per heavy atom. The number of rotatable bonds is 6. The minimum absolute atomic E-state index is 0.0394. The van der Waals surface area contributed by atoms with Crippen LogP contribution in [0.25, 0.3) is 5.82 Å². The van der Waals surface area contributed by atoms with Gasteiger partial charge in [-0.25, -0.2) is 18.2 Å². The van der Waals surface area contributed by atoms with Crippen LogP contribution in [0.3, 0.4) is 0 Å². The molecule has 0 bridgehead atoms. The van der Waals surface area contributed by atoms with Crippen LogP contribution in [0.2, 0.25) is 10.0 Å². The van der Waals surface area contributed by atoms with Crippen LogP contribution in [-0.4, -0.2) is 52.0 Å². The van der Waals surface area contributed by atoms with Crippen molar-refractivity contribution in [3.8, 4) is 5.82 Å². The lowest BCUT2D eigenvalue weighted by molar-refractivity contribution is 0.0634. The van der Waals surface area contributed by atoms with Crippen molar-refractivity contribution >= 4 is 51.0 Å². The van der Waals surface area contributed by atoms with Crippen molar-refractivity contribution in [3.05, 3.63) is 58.0 Å². The zero-order valence-corrected chi connectivity index (χ0v) is 22.4. The lowest BCUT2D eigenvalue weighted by atomic mass is 10.2. The number of carbonyl (C=O) groups is 2. The lowest BCUT2D eigenvalue weighted by Gasteiger charge is -2.18. The van der Waals surface area contributed by atoms with Crippen LogP contribution in [0.1, 0.15) is 49.9 Å². The van der Waals surface area contributed by atoms with E-state index in [-0.39, 0.29) is 27.3 Å². The monoisotopic (exact) mass is 554 g/mol. The molecule has 3 aromatic rings. The van der Waals surface area contributed by atoms with Crippen molar-refractivity contribution in [2.24, 2.45) is 0 Å². The number of halogens is 2. The average Bonchev–Trinajstić information content (AvgIpc) is 3.15. The highest BCUT2D eigenvalue weighted by atomic mass is 35.5. The first-order chi connectivity index (χ1) is 16.6. The molecule has 192 valence electrons. The molecule has 2 amide bonds. The highest BCUT2D eigenvalue weighted by molar-refractivity contribution is 7.90. The molecule has 0 radical (unpaired) electrons. The Hall–Kier alpha value is -3.22. The highest BCUT2D eigenvalue weighted by Gasteiger charge is 2.24. The quantitative estimate of drug-likeness (QED) is 0.460. The van der Waals surface area contributed by atoms with Gasteiger partial charge in [-0.15, -0.1) is 5.10 Å². The van der Waals surface area contributed by atoms with Gasteiger partial charge in [-0.3, -0.25) is 10.1 Å². The van der Waals surface area contributed by atoms with Gasteiger partial charge in [0.15, 0.2) is 21.5 Å². The van der Waals surface area contributed by atoms with Gasteiger partial charge in [-0.05, 0) is 58.0 Å². The molecule has 1 atom stereocenters. The number of carbonyl (C=O) groups excluding carboxylic acids is 2. The number of benzene rings is 1. The zero-order chi connectivity index (χ0) is 26.8. The maximum atomic E-state index is 12.9. The summed E-state index contributed by atoms with van der Waals surface area (Å²) in [5, 5.41) is 9.96. The fourth-order valence-corrected chi connectivity index (χ4v) is 4.06. The second-order valence-electron chi connectivity index (χ2n) is 8.81. The third kappa shape index (κ3) is 7.15. The molecule has 2 aromatic heterocycles. The molecule has 1 unspecified atom stereocenters. The summed E-state index contributed by atoms with van der Waals surface area (Å²) in [6, 6.07) is 6.25. The number of ether oxygens (including phenoxy) is 1. The largest absolute Gasteiger partial charge is 0.444 e. The molecular formula is C22H24Cl2N6O5S. The first-order valence-corrected chi connectivity index (χ1v) is 13.2. The summed E-state index contributed by atoms with van der Waals surface area (Å²) in [5.74, 6) is -0.147. The van der Waals surface area contributed by atoms with E-state index >= 15 is 0 Å².